The Hall–Kier alpha value is -3.37. The summed E-state index contributed by atoms with van der Waals surface area (Å²) >= 11 is 1.23. The molecule has 0 aliphatic rings. The average molecular weight is 533 g/mol. The monoisotopic (exact) mass is 532 g/mol. The summed E-state index contributed by atoms with van der Waals surface area (Å²) in [5, 5.41) is 2.16. The lowest BCUT2D eigenvalue weighted by atomic mass is 10.0. The summed E-state index contributed by atoms with van der Waals surface area (Å²) in [4.78, 5) is 3.39. The third kappa shape index (κ3) is 4.24. The molecule has 0 atom stereocenters. The Labute approximate surface area is 208 Å². The van der Waals surface area contributed by atoms with Crippen LogP contribution in [0.15, 0.2) is 66.7 Å². The lowest BCUT2D eigenvalue weighted by molar-refractivity contribution is -0.140. The molecule has 5 rings (SSSR count). The van der Waals surface area contributed by atoms with Crippen molar-refractivity contribution in [2.75, 3.05) is 10.6 Å². The van der Waals surface area contributed by atoms with Crippen molar-refractivity contribution in [3.63, 3.8) is 0 Å². The summed E-state index contributed by atoms with van der Waals surface area (Å²) in [5.74, 6) is -1.41. The zero-order chi connectivity index (χ0) is 25.8. The molecule has 3 aromatic carbocycles. The Bertz CT molecular complexity index is 1720. The van der Waals surface area contributed by atoms with Crippen molar-refractivity contribution in [2.24, 2.45) is 0 Å². The summed E-state index contributed by atoms with van der Waals surface area (Å²) in [6.45, 7) is 1.55. The third-order valence-corrected chi connectivity index (χ3v) is 8.50. The van der Waals surface area contributed by atoms with Crippen LogP contribution in [0.2, 0.25) is 0 Å². The number of para-hydroxylation sites is 1. The second-order valence-electron chi connectivity index (χ2n) is 8.53. The maximum absolute atomic E-state index is 13.9. The highest BCUT2D eigenvalue weighted by atomic mass is 32.2. The van der Waals surface area contributed by atoms with E-state index in [0.29, 0.717) is 22.7 Å². The second-order valence-corrected chi connectivity index (χ2v) is 11.5. The van der Waals surface area contributed by atoms with Gasteiger partial charge in [-0.25, -0.2) is 12.8 Å². The molecule has 0 aliphatic heterocycles. The number of alkyl halides is 3. The highest BCUT2D eigenvalue weighted by Crippen LogP contribution is 2.47. The Morgan fingerprint density at radius 1 is 0.972 bits per heavy atom. The number of benzene rings is 3. The number of nitrogens with one attached hydrogen (secondary N) is 1. The number of nitrogens with zero attached hydrogens (tertiary/aromatic N) is 1. The van der Waals surface area contributed by atoms with Gasteiger partial charge < -0.3 is 4.98 Å². The van der Waals surface area contributed by atoms with Gasteiger partial charge >= 0.3 is 6.18 Å². The van der Waals surface area contributed by atoms with E-state index in [9.17, 15) is 26.0 Å². The highest BCUT2D eigenvalue weighted by Gasteiger charge is 2.35. The third-order valence-electron chi connectivity index (χ3n) is 6.08. The fraction of sp³-hybridized carbons (Fsp3) is 0.154. The minimum absolute atomic E-state index is 0.0194. The molecular formula is C26H20F4N2O2S2. The molecule has 2 aromatic heterocycles. The van der Waals surface area contributed by atoms with Crippen molar-refractivity contribution in [3.8, 4) is 11.3 Å². The van der Waals surface area contributed by atoms with Crippen molar-refractivity contribution in [3.05, 3.63) is 89.2 Å². The number of rotatable bonds is 5. The maximum Gasteiger partial charge on any atom is 0.419 e. The van der Waals surface area contributed by atoms with Crippen LogP contribution in [-0.2, 0) is 22.7 Å². The van der Waals surface area contributed by atoms with Gasteiger partial charge in [-0.15, -0.1) is 11.3 Å². The Kier molecular flexibility index (Phi) is 5.83. The van der Waals surface area contributed by atoms with E-state index >= 15 is 0 Å². The molecule has 0 radical (unpaired) electrons. The highest BCUT2D eigenvalue weighted by molar-refractivity contribution is 7.92. The van der Waals surface area contributed by atoms with Crippen molar-refractivity contribution >= 4 is 47.4 Å². The van der Waals surface area contributed by atoms with Gasteiger partial charge in [0.2, 0.25) is 10.0 Å². The first kappa shape index (κ1) is 24.3. The van der Waals surface area contributed by atoms with Crippen LogP contribution in [0.4, 0.5) is 22.6 Å². The number of anilines is 1. The van der Waals surface area contributed by atoms with Crippen LogP contribution in [0.5, 0.6) is 0 Å². The number of aryl methyl sites for hydroxylation is 1. The molecule has 10 heteroatoms. The van der Waals surface area contributed by atoms with Gasteiger partial charge in [0.05, 0.1) is 24.1 Å². The fourth-order valence-electron chi connectivity index (χ4n) is 4.38. The molecule has 0 aliphatic carbocycles. The molecule has 0 unspecified atom stereocenters. The van der Waals surface area contributed by atoms with Crippen molar-refractivity contribution < 1.29 is 26.0 Å². The van der Waals surface area contributed by atoms with E-state index in [1.807, 2.05) is 55.5 Å². The molecule has 2 heterocycles. The number of hydrogen-bond acceptors (Lipinski definition) is 3. The van der Waals surface area contributed by atoms with Crippen molar-refractivity contribution in [1.82, 2.24) is 4.98 Å². The zero-order valence-corrected chi connectivity index (χ0v) is 20.8. The molecule has 0 bridgehead atoms. The normalized spacial score (nSPS) is 12.5. The van der Waals surface area contributed by atoms with Crippen molar-refractivity contribution in [2.45, 2.75) is 19.6 Å². The molecule has 0 saturated carbocycles. The summed E-state index contributed by atoms with van der Waals surface area (Å²) in [6.07, 6.45) is -3.90. The molecule has 186 valence electrons. The zero-order valence-electron chi connectivity index (χ0n) is 19.2. The number of aromatic amines is 1. The number of H-pyrrole nitrogens is 1. The quantitative estimate of drug-likeness (QED) is 0.239. The molecule has 0 saturated heterocycles. The Morgan fingerprint density at radius 3 is 2.31 bits per heavy atom. The fourth-order valence-corrected chi connectivity index (χ4v) is 6.78. The average Bonchev–Trinajstić information content (AvgIpc) is 3.34. The van der Waals surface area contributed by atoms with E-state index in [4.69, 9.17) is 0 Å². The van der Waals surface area contributed by atoms with Crippen LogP contribution >= 0.6 is 11.3 Å². The first-order valence-corrected chi connectivity index (χ1v) is 13.5. The first-order valence-electron chi connectivity index (χ1n) is 10.9. The molecule has 5 aromatic rings. The van der Waals surface area contributed by atoms with Gasteiger partial charge in [0.15, 0.2) is 0 Å². The number of thiophene rings is 1. The maximum atomic E-state index is 13.9. The van der Waals surface area contributed by atoms with Crippen LogP contribution in [0, 0.1) is 12.7 Å². The Balaban J connectivity index is 1.74. The van der Waals surface area contributed by atoms with Crippen LogP contribution < -0.4 is 4.31 Å². The van der Waals surface area contributed by atoms with Crippen LogP contribution in [0.25, 0.3) is 32.2 Å². The van der Waals surface area contributed by atoms with Gasteiger partial charge in [-0.2, -0.15) is 13.2 Å². The van der Waals surface area contributed by atoms with Gasteiger partial charge in [-0.1, -0.05) is 42.5 Å². The van der Waals surface area contributed by atoms with E-state index < -0.39 is 27.6 Å². The smallest absolute Gasteiger partial charge is 0.354 e. The molecule has 0 fully saturated rings. The van der Waals surface area contributed by atoms with E-state index in [1.54, 1.807) is 0 Å². The summed E-state index contributed by atoms with van der Waals surface area (Å²) in [6, 6.07) is 17.7. The van der Waals surface area contributed by atoms with Gasteiger partial charge in [0, 0.05) is 26.6 Å². The summed E-state index contributed by atoms with van der Waals surface area (Å²) in [5.41, 5.74) is 1.76. The number of hydrogen-bond donors (Lipinski definition) is 1. The summed E-state index contributed by atoms with van der Waals surface area (Å²) in [7, 11) is -3.94. The topological polar surface area (TPSA) is 53.2 Å². The van der Waals surface area contributed by atoms with Gasteiger partial charge in [0.1, 0.15) is 10.8 Å². The van der Waals surface area contributed by atoms with E-state index in [-0.39, 0.29) is 12.1 Å². The molecule has 4 nitrogen and oxygen atoms in total. The van der Waals surface area contributed by atoms with E-state index in [1.165, 1.54) is 17.4 Å². The second kappa shape index (κ2) is 8.63. The summed E-state index contributed by atoms with van der Waals surface area (Å²) < 4.78 is 81.8. The Morgan fingerprint density at radius 2 is 1.64 bits per heavy atom. The minimum Gasteiger partial charge on any atom is -0.354 e. The molecule has 36 heavy (non-hydrogen) atoms. The minimum atomic E-state index is -4.90. The van der Waals surface area contributed by atoms with Crippen LogP contribution in [0.1, 0.15) is 16.7 Å². The SMILES string of the molecule is Cc1c(-c2c(N(Cc3ccc(F)c(C(F)(F)F)c3)S(C)(=O)=O)sc3ccccc23)[nH]c2ccccc12. The van der Waals surface area contributed by atoms with Crippen LogP contribution in [-0.4, -0.2) is 19.7 Å². The first-order chi connectivity index (χ1) is 16.9. The van der Waals surface area contributed by atoms with Crippen molar-refractivity contribution in [1.29, 1.82) is 0 Å². The molecular weight excluding hydrogens is 512 g/mol. The number of fused-ring (bicyclic) bond motifs is 2. The number of halogens is 4. The number of sulfonamides is 1. The molecule has 0 spiro atoms. The van der Waals surface area contributed by atoms with E-state index in [2.05, 4.69) is 4.98 Å². The number of aromatic nitrogens is 1. The molecule has 0 amide bonds. The predicted octanol–water partition coefficient (Wildman–Crippen LogP) is 7.48. The molecule has 1 N–H and O–H groups in total. The predicted molar refractivity (Wildman–Crippen MR) is 136 cm³/mol. The lowest BCUT2D eigenvalue weighted by Crippen LogP contribution is -2.29. The van der Waals surface area contributed by atoms with Crippen LogP contribution in [0.3, 0.4) is 0 Å². The van der Waals surface area contributed by atoms with Gasteiger partial charge in [-0.05, 0) is 42.3 Å². The van der Waals surface area contributed by atoms with Gasteiger partial charge in [-0.3, -0.25) is 4.31 Å². The standard InChI is InChI=1S/C26H20F4N2O2S2/c1-15-17-7-3-5-9-21(17)31-24(15)23-18-8-4-6-10-22(18)35-25(23)32(36(2,33)34)14-16-11-12-20(27)19(13-16)26(28,29)30/h3-13,31H,14H2,1-2H3. The van der Waals surface area contributed by atoms with E-state index in [0.717, 1.165) is 42.8 Å². The van der Waals surface area contributed by atoms with Gasteiger partial charge in [0.25, 0.3) is 0 Å². The lowest BCUT2D eigenvalue weighted by Gasteiger charge is -2.23. The largest absolute Gasteiger partial charge is 0.419 e.